The zero-order valence-electron chi connectivity index (χ0n) is 10.2. The van der Waals surface area contributed by atoms with E-state index in [1.807, 2.05) is 0 Å². The van der Waals surface area contributed by atoms with Gasteiger partial charge in [0.05, 0.1) is 0 Å². The first-order valence-corrected chi connectivity index (χ1v) is 5.32. The van der Waals surface area contributed by atoms with E-state index in [0.29, 0.717) is 5.56 Å². The SMILES string of the molecule is C[C@@H](N)c1cc(N)cc(C(F)(F)C(C)(C)O)c1. The Morgan fingerprint density at radius 3 is 2.18 bits per heavy atom. The fourth-order valence-electron chi connectivity index (χ4n) is 1.47. The van der Waals surface area contributed by atoms with Gasteiger partial charge in [-0.15, -0.1) is 0 Å². The molecule has 1 rings (SSSR count). The van der Waals surface area contributed by atoms with Gasteiger partial charge in [0, 0.05) is 17.3 Å². The molecule has 1 aromatic carbocycles. The van der Waals surface area contributed by atoms with Gasteiger partial charge in [-0.3, -0.25) is 0 Å². The smallest absolute Gasteiger partial charge is 0.300 e. The molecule has 0 heterocycles. The average molecular weight is 244 g/mol. The molecule has 0 aliphatic heterocycles. The summed E-state index contributed by atoms with van der Waals surface area (Å²) in [6.07, 6.45) is 0. The van der Waals surface area contributed by atoms with Crippen LogP contribution >= 0.6 is 0 Å². The molecule has 3 nitrogen and oxygen atoms in total. The van der Waals surface area contributed by atoms with E-state index in [2.05, 4.69) is 0 Å². The monoisotopic (exact) mass is 244 g/mol. The second kappa shape index (κ2) is 4.23. The second-order valence-electron chi connectivity index (χ2n) is 4.81. The van der Waals surface area contributed by atoms with Crippen LogP contribution in [0.5, 0.6) is 0 Å². The summed E-state index contributed by atoms with van der Waals surface area (Å²) in [4.78, 5) is 0. The van der Waals surface area contributed by atoms with Crippen LogP contribution in [-0.2, 0) is 5.92 Å². The molecule has 17 heavy (non-hydrogen) atoms. The maximum absolute atomic E-state index is 13.9. The molecule has 0 saturated carbocycles. The Morgan fingerprint density at radius 2 is 1.76 bits per heavy atom. The van der Waals surface area contributed by atoms with Gasteiger partial charge in [-0.2, -0.15) is 8.78 Å². The summed E-state index contributed by atoms with van der Waals surface area (Å²) < 4.78 is 27.9. The van der Waals surface area contributed by atoms with Gasteiger partial charge in [-0.05, 0) is 44.5 Å². The van der Waals surface area contributed by atoms with Gasteiger partial charge in [-0.1, -0.05) is 0 Å². The van der Waals surface area contributed by atoms with E-state index in [1.165, 1.54) is 6.07 Å². The number of benzene rings is 1. The van der Waals surface area contributed by atoms with Crippen molar-refractivity contribution in [3.8, 4) is 0 Å². The first-order chi connectivity index (χ1) is 7.55. The third kappa shape index (κ3) is 2.73. The Hall–Kier alpha value is -1.20. The van der Waals surface area contributed by atoms with Crippen molar-refractivity contribution in [3.63, 3.8) is 0 Å². The zero-order valence-corrected chi connectivity index (χ0v) is 10.2. The summed E-state index contributed by atoms with van der Waals surface area (Å²) in [6, 6.07) is 3.59. The van der Waals surface area contributed by atoms with E-state index in [1.54, 1.807) is 13.0 Å². The molecule has 1 atom stereocenters. The molecule has 96 valence electrons. The first kappa shape index (κ1) is 13.9. The van der Waals surface area contributed by atoms with Gasteiger partial charge in [0.15, 0.2) is 0 Å². The maximum Gasteiger partial charge on any atom is 0.300 e. The number of nitrogens with two attached hydrogens (primary N) is 2. The first-order valence-electron chi connectivity index (χ1n) is 5.32. The number of alkyl halides is 2. The fraction of sp³-hybridized carbons (Fsp3) is 0.500. The lowest BCUT2D eigenvalue weighted by atomic mass is 9.91. The Morgan fingerprint density at radius 1 is 1.24 bits per heavy atom. The highest BCUT2D eigenvalue weighted by molar-refractivity contribution is 5.47. The highest BCUT2D eigenvalue weighted by Crippen LogP contribution is 2.40. The molecule has 0 saturated heterocycles. The molecule has 0 aromatic heterocycles. The molecule has 0 unspecified atom stereocenters. The van der Waals surface area contributed by atoms with Gasteiger partial charge in [0.25, 0.3) is 0 Å². The number of aliphatic hydroxyl groups is 1. The van der Waals surface area contributed by atoms with Crippen LogP contribution in [-0.4, -0.2) is 10.7 Å². The van der Waals surface area contributed by atoms with Crippen LogP contribution < -0.4 is 11.5 Å². The van der Waals surface area contributed by atoms with Crippen molar-refractivity contribution in [2.45, 2.75) is 38.3 Å². The van der Waals surface area contributed by atoms with Crippen LogP contribution in [0.3, 0.4) is 0 Å². The normalized spacial score (nSPS) is 14.8. The predicted octanol–water partition coefficient (Wildman–Crippen LogP) is 2.15. The highest BCUT2D eigenvalue weighted by atomic mass is 19.3. The second-order valence-corrected chi connectivity index (χ2v) is 4.81. The van der Waals surface area contributed by atoms with Crippen LogP contribution in [0.15, 0.2) is 18.2 Å². The van der Waals surface area contributed by atoms with Crippen LogP contribution in [0.1, 0.15) is 37.9 Å². The highest BCUT2D eigenvalue weighted by Gasteiger charge is 2.47. The maximum atomic E-state index is 13.9. The van der Waals surface area contributed by atoms with Crippen molar-refractivity contribution < 1.29 is 13.9 Å². The molecule has 0 spiro atoms. The molecule has 0 aliphatic carbocycles. The predicted molar refractivity (Wildman–Crippen MR) is 63.6 cm³/mol. The Balaban J connectivity index is 3.32. The van der Waals surface area contributed by atoms with Crippen molar-refractivity contribution in [2.75, 3.05) is 5.73 Å². The van der Waals surface area contributed by atoms with E-state index in [4.69, 9.17) is 11.5 Å². The quantitative estimate of drug-likeness (QED) is 0.713. The Bertz CT molecular complexity index is 411. The van der Waals surface area contributed by atoms with Gasteiger partial charge >= 0.3 is 5.92 Å². The minimum absolute atomic E-state index is 0.207. The van der Waals surface area contributed by atoms with Crippen molar-refractivity contribution in [1.29, 1.82) is 0 Å². The summed E-state index contributed by atoms with van der Waals surface area (Å²) in [5.41, 5.74) is 9.45. The standard InChI is InChI=1S/C12H18F2N2O/c1-7(15)8-4-9(6-10(16)5-8)12(13,14)11(2,3)17/h4-7,17H,15-16H2,1-3H3/t7-/m1/s1. The zero-order chi connectivity index (χ0) is 13.4. The molecular weight excluding hydrogens is 226 g/mol. The van der Waals surface area contributed by atoms with Crippen molar-refractivity contribution in [1.82, 2.24) is 0 Å². The van der Waals surface area contributed by atoms with Crippen LogP contribution in [0.25, 0.3) is 0 Å². The lowest BCUT2D eigenvalue weighted by Gasteiger charge is -2.30. The van der Waals surface area contributed by atoms with E-state index >= 15 is 0 Å². The number of hydrogen-bond acceptors (Lipinski definition) is 3. The van der Waals surface area contributed by atoms with E-state index < -0.39 is 17.6 Å². The van der Waals surface area contributed by atoms with E-state index in [0.717, 1.165) is 19.9 Å². The lowest BCUT2D eigenvalue weighted by Crippen LogP contribution is -2.40. The molecule has 1 aromatic rings. The molecule has 0 radical (unpaired) electrons. The molecular formula is C12H18F2N2O. The van der Waals surface area contributed by atoms with E-state index in [-0.39, 0.29) is 11.3 Å². The number of halogens is 2. The molecule has 0 amide bonds. The van der Waals surface area contributed by atoms with Gasteiger partial charge in [0.1, 0.15) is 5.60 Å². The number of nitrogen functional groups attached to an aromatic ring is 1. The van der Waals surface area contributed by atoms with Crippen molar-refractivity contribution in [3.05, 3.63) is 29.3 Å². The molecule has 0 fully saturated rings. The largest absolute Gasteiger partial charge is 0.399 e. The third-order valence-corrected chi connectivity index (χ3v) is 2.63. The summed E-state index contributed by atoms with van der Waals surface area (Å²) in [7, 11) is 0. The lowest BCUT2D eigenvalue weighted by molar-refractivity contribution is -0.168. The van der Waals surface area contributed by atoms with Crippen molar-refractivity contribution >= 4 is 5.69 Å². The third-order valence-electron chi connectivity index (χ3n) is 2.63. The molecule has 5 heteroatoms. The number of rotatable bonds is 3. The Labute approximate surface area is 99.4 Å². The minimum Gasteiger partial charge on any atom is -0.399 e. The van der Waals surface area contributed by atoms with E-state index in [9.17, 15) is 13.9 Å². The minimum atomic E-state index is -3.38. The van der Waals surface area contributed by atoms with Gasteiger partial charge in [-0.25, -0.2) is 0 Å². The number of anilines is 1. The van der Waals surface area contributed by atoms with Crippen molar-refractivity contribution in [2.24, 2.45) is 5.73 Å². The topological polar surface area (TPSA) is 72.3 Å². The molecule has 0 aliphatic rings. The Kier molecular flexibility index (Phi) is 3.45. The van der Waals surface area contributed by atoms with Crippen LogP contribution in [0, 0.1) is 0 Å². The summed E-state index contributed by atoms with van der Waals surface area (Å²) in [5, 5.41) is 9.50. The fourth-order valence-corrected chi connectivity index (χ4v) is 1.47. The average Bonchev–Trinajstić information content (AvgIpc) is 2.14. The summed E-state index contributed by atoms with van der Waals surface area (Å²) in [5.74, 6) is -3.38. The molecule has 0 bridgehead atoms. The summed E-state index contributed by atoms with van der Waals surface area (Å²) in [6.45, 7) is 3.80. The number of hydrogen-bond donors (Lipinski definition) is 3. The van der Waals surface area contributed by atoms with Gasteiger partial charge in [0.2, 0.25) is 0 Å². The van der Waals surface area contributed by atoms with Crippen LogP contribution in [0.4, 0.5) is 14.5 Å². The van der Waals surface area contributed by atoms with Gasteiger partial charge < -0.3 is 16.6 Å². The summed E-state index contributed by atoms with van der Waals surface area (Å²) >= 11 is 0. The molecule has 5 N–H and O–H groups in total. The van der Waals surface area contributed by atoms with Crippen LogP contribution in [0.2, 0.25) is 0 Å².